The molecule has 2 aliphatic rings. The number of rotatable bonds is 0. The Hall–Kier alpha value is -1.02. The third kappa shape index (κ3) is 3.98. The van der Waals surface area contributed by atoms with Crippen LogP contribution in [0.3, 0.4) is 0 Å². The highest BCUT2D eigenvalue weighted by Crippen LogP contribution is 2.14. The van der Waals surface area contributed by atoms with Crippen LogP contribution in [0, 0.1) is 0 Å². The van der Waals surface area contributed by atoms with E-state index in [0.717, 1.165) is 0 Å². The van der Waals surface area contributed by atoms with Crippen molar-refractivity contribution in [1.29, 1.82) is 0 Å². The Morgan fingerprint density at radius 2 is 1.50 bits per heavy atom. The minimum atomic E-state index is 0.565. The lowest BCUT2D eigenvalue weighted by Crippen LogP contribution is -2.27. The van der Waals surface area contributed by atoms with Crippen LogP contribution >= 0.6 is 0 Å². The van der Waals surface area contributed by atoms with Crippen molar-refractivity contribution in [3.63, 3.8) is 0 Å². The zero-order valence-corrected chi connectivity index (χ0v) is 7.24. The SMILES string of the molecule is C1=CC=CNC=C1.NC1CCC1. The molecule has 0 amide bonds. The molecule has 3 N–H and O–H groups in total. The number of allylic oxidation sites excluding steroid dienone is 4. The Labute approximate surface area is 73.8 Å². The van der Waals surface area contributed by atoms with Gasteiger partial charge in [-0.2, -0.15) is 0 Å². The summed E-state index contributed by atoms with van der Waals surface area (Å²) in [5.74, 6) is 0. The maximum atomic E-state index is 5.38. The Balaban J connectivity index is 0.000000127. The minimum Gasteiger partial charge on any atom is -0.368 e. The molecule has 2 nitrogen and oxygen atoms in total. The lowest BCUT2D eigenvalue weighted by Gasteiger charge is -2.18. The third-order valence-electron chi connectivity index (χ3n) is 1.87. The molecule has 1 fully saturated rings. The van der Waals surface area contributed by atoms with Gasteiger partial charge in [0.25, 0.3) is 0 Å². The van der Waals surface area contributed by atoms with Crippen LogP contribution in [0.25, 0.3) is 0 Å². The van der Waals surface area contributed by atoms with Gasteiger partial charge in [0.1, 0.15) is 0 Å². The molecule has 0 aromatic carbocycles. The van der Waals surface area contributed by atoms with Gasteiger partial charge in [-0.15, -0.1) is 0 Å². The van der Waals surface area contributed by atoms with Crippen LogP contribution in [-0.4, -0.2) is 6.04 Å². The van der Waals surface area contributed by atoms with E-state index in [0.29, 0.717) is 6.04 Å². The molecule has 0 aromatic heterocycles. The van der Waals surface area contributed by atoms with Crippen molar-refractivity contribution in [3.05, 3.63) is 36.7 Å². The summed E-state index contributed by atoms with van der Waals surface area (Å²) < 4.78 is 0. The van der Waals surface area contributed by atoms with Crippen LogP contribution in [0.1, 0.15) is 19.3 Å². The fraction of sp³-hybridized carbons (Fsp3) is 0.400. The summed E-state index contributed by atoms with van der Waals surface area (Å²) >= 11 is 0. The summed E-state index contributed by atoms with van der Waals surface area (Å²) in [6, 6.07) is 0.565. The van der Waals surface area contributed by atoms with Crippen molar-refractivity contribution in [2.24, 2.45) is 5.73 Å². The lowest BCUT2D eigenvalue weighted by atomic mass is 9.95. The van der Waals surface area contributed by atoms with E-state index in [1.165, 1.54) is 19.3 Å². The number of nitrogens with one attached hydrogen (secondary N) is 1. The topological polar surface area (TPSA) is 38.0 Å². The molecule has 2 rings (SSSR count). The molecular weight excluding hydrogens is 148 g/mol. The van der Waals surface area contributed by atoms with Gasteiger partial charge in [0.05, 0.1) is 0 Å². The Kier molecular flexibility index (Phi) is 4.24. The van der Waals surface area contributed by atoms with Gasteiger partial charge in [-0.1, -0.05) is 18.6 Å². The molecule has 0 aromatic rings. The fourth-order valence-electron chi connectivity index (χ4n) is 0.846. The van der Waals surface area contributed by atoms with Gasteiger partial charge in [0.15, 0.2) is 0 Å². The summed E-state index contributed by atoms with van der Waals surface area (Å²) in [5.41, 5.74) is 5.38. The highest BCUT2D eigenvalue weighted by Gasteiger charge is 2.09. The molecule has 0 radical (unpaired) electrons. The molecule has 0 spiro atoms. The Morgan fingerprint density at radius 1 is 1.00 bits per heavy atom. The van der Waals surface area contributed by atoms with Crippen LogP contribution in [0.15, 0.2) is 36.7 Å². The average molecular weight is 164 g/mol. The second kappa shape index (κ2) is 5.61. The monoisotopic (exact) mass is 164 g/mol. The van der Waals surface area contributed by atoms with Gasteiger partial charge in [0.2, 0.25) is 0 Å². The molecule has 1 aliphatic carbocycles. The normalized spacial score (nSPS) is 20.1. The van der Waals surface area contributed by atoms with E-state index in [9.17, 15) is 0 Å². The van der Waals surface area contributed by atoms with E-state index < -0.39 is 0 Å². The van der Waals surface area contributed by atoms with Crippen molar-refractivity contribution in [1.82, 2.24) is 5.32 Å². The van der Waals surface area contributed by atoms with Crippen molar-refractivity contribution in [2.45, 2.75) is 25.3 Å². The summed E-state index contributed by atoms with van der Waals surface area (Å²) in [5, 5.41) is 2.92. The van der Waals surface area contributed by atoms with E-state index in [4.69, 9.17) is 5.73 Å². The summed E-state index contributed by atoms with van der Waals surface area (Å²) in [7, 11) is 0. The predicted octanol–water partition coefficient (Wildman–Crippen LogP) is 1.67. The van der Waals surface area contributed by atoms with E-state index in [-0.39, 0.29) is 0 Å². The quantitative estimate of drug-likeness (QED) is 0.571. The van der Waals surface area contributed by atoms with Crippen LogP contribution in [0.4, 0.5) is 0 Å². The lowest BCUT2D eigenvalue weighted by molar-refractivity contribution is 0.418. The highest BCUT2D eigenvalue weighted by molar-refractivity contribution is 5.14. The van der Waals surface area contributed by atoms with Crippen molar-refractivity contribution in [3.8, 4) is 0 Å². The van der Waals surface area contributed by atoms with Crippen LogP contribution < -0.4 is 11.1 Å². The molecule has 1 heterocycles. The van der Waals surface area contributed by atoms with Gasteiger partial charge >= 0.3 is 0 Å². The van der Waals surface area contributed by atoms with Gasteiger partial charge in [-0.05, 0) is 25.0 Å². The smallest absolute Gasteiger partial charge is 0.00388 e. The van der Waals surface area contributed by atoms with E-state index in [1.807, 2.05) is 36.7 Å². The van der Waals surface area contributed by atoms with Gasteiger partial charge in [-0.25, -0.2) is 0 Å². The summed E-state index contributed by atoms with van der Waals surface area (Å²) in [4.78, 5) is 0. The molecule has 0 saturated heterocycles. The molecule has 1 aliphatic heterocycles. The molecule has 2 heteroatoms. The predicted molar refractivity (Wildman–Crippen MR) is 52.4 cm³/mol. The number of hydrogen-bond acceptors (Lipinski definition) is 2. The first kappa shape index (κ1) is 9.07. The zero-order valence-electron chi connectivity index (χ0n) is 7.24. The van der Waals surface area contributed by atoms with E-state index in [2.05, 4.69) is 5.32 Å². The molecule has 0 atom stereocenters. The minimum absolute atomic E-state index is 0.565. The molecular formula is C10H16N2. The first-order valence-corrected chi connectivity index (χ1v) is 4.39. The molecule has 12 heavy (non-hydrogen) atoms. The zero-order chi connectivity index (χ0) is 8.65. The molecule has 66 valence electrons. The molecule has 1 saturated carbocycles. The van der Waals surface area contributed by atoms with Crippen molar-refractivity contribution < 1.29 is 0 Å². The van der Waals surface area contributed by atoms with Crippen molar-refractivity contribution in [2.75, 3.05) is 0 Å². The van der Waals surface area contributed by atoms with Crippen LogP contribution in [0.5, 0.6) is 0 Å². The Bertz CT molecular complexity index is 174. The maximum Gasteiger partial charge on any atom is 0.00388 e. The van der Waals surface area contributed by atoms with E-state index in [1.54, 1.807) is 0 Å². The average Bonchev–Trinajstić information content (AvgIpc) is 2.32. The van der Waals surface area contributed by atoms with E-state index >= 15 is 0 Å². The number of nitrogens with two attached hydrogens (primary N) is 1. The third-order valence-corrected chi connectivity index (χ3v) is 1.87. The largest absolute Gasteiger partial charge is 0.368 e. The van der Waals surface area contributed by atoms with Crippen LogP contribution in [0.2, 0.25) is 0 Å². The molecule has 0 bridgehead atoms. The second-order valence-corrected chi connectivity index (χ2v) is 2.96. The first-order valence-electron chi connectivity index (χ1n) is 4.39. The van der Waals surface area contributed by atoms with Gasteiger partial charge in [0, 0.05) is 18.4 Å². The van der Waals surface area contributed by atoms with Crippen LogP contribution in [-0.2, 0) is 0 Å². The highest BCUT2D eigenvalue weighted by atomic mass is 14.8. The first-order chi connectivity index (χ1) is 5.89. The van der Waals surface area contributed by atoms with Crippen molar-refractivity contribution >= 4 is 0 Å². The maximum absolute atomic E-state index is 5.38. The molecule has 0 unspecified atom stereocenters. The summed E-state index contributed by atoms with van der Waals surface area (Å²) in [6.45, 7) is 0. The Morgan fingerprint density at radius 3 is 1.83 bits per heavy atom. The second-order valence-electron chi connectivity index (χ2n) is 2.96. The number of hydrogen-bond donors (Lipinski definition) is 2. The fourth-order valence-corrected chi connectivity index (χ4v) is 0.846. The van der Waals surface area contributed by atoms with Gasteiger partial charge < -0.3 is 11.1 Å². The summed E-state index contributed by atoms with van der Waals surface area (Å²) in [6.07, 6.45) is 15.5. The van der Waals surface area contributed by atoms with Gasteiger partial charge in [-0.3, -0.25) is 0 Å². The standard InChI is InChI=1S/C6H7N.C4H9N/c1-2-4-6-7-5-3-1;5-4-2-1-3-4/h1-7H;4H,1-3,5H2.